The highest BCUT2D eigenvalue weighted by atomic mass is 16.3. The second kappa shape index (κ2) is 6.31. The molecule has 0 radical (unpaired) electrons. The standard InChI is InChI=1S/C20H21N3O2/c1-13-9-10-23(18(11-13)19-8-7-14(2)25-19)20(24)17-12-21-15-5-3-4-6-16(15)22-17/h3-8,12-13,18H,9-11H2,1-2H3. The first-order chi connectivity index (χ1) is 12.1. The van der Waals surface area contributed by atoms with Gasteiger partial charge >= 0.3 is 0 Å². The molecule has 1 amide bonds. The highest BCUT2D eigenvalue weighted by Crippen LogP contribution is 2.35. The molecule has 0 aliphatic carbocycles. The van der Waals surface area contributed by atoms with Crippen molar-refractivity contribution in [3.8, 4) is 0 Å². The quantitative estimate of drug-likeness (QED) is 0.706. The molecular weight excluding hydrogens is 314 g/mol. The van der Waals surface area contributed by atoms with Gasteiger partial charge in [-0.05, 0) is 49.9 Å². The summed E-state index contributed by atoms with van der Waals surface area (Å²) in [5.74, 6) is 2.20. The molecule has 1 aromatic carbocycles. The fourth-order valence-electron chi connectivity index (χ4n) is 3.49. The summed E-state index contributed by atoms with van der Waals surface area (Å²) in [7, 11) is 0. The predicted molar refractivity (Wildman–Crippen MR) is 95.2 cm³/mol. The molecule has 2 atom stereocenters. The van der Waals surface area contributed by atoms with Crippen LogP contribution in [0.1, 0.15) is 47.8 Å². The average Bonchev–Trinajstić information content (AvgIpc) is 3.07. The van der Waals surface area contributed by atoms with E-state index >= 15 is 0 Å². The summed E-state index contributed by atoms with van der Waals surface area (Å²) in [6, 6.07) is 11.5. The van der Waals surface area contributed by atoms with Crippen LogP contribution in [0, 0.1) is 12.8 Å². The molecule has 5 heteroatoms. The number of nitrogens with zero attached hydrogens (tertiary/aromatic N) is 3. The normalized spacial score (nSPS) is 20.8. The van der Waals surface area contributed by atoms with Crippen molar-refractivity contribution >= 4 is 16.9 Å². The number of carbonyl (C=O) groups excluding carboxylic acids is 1. The van der Waals surface area contributed by atoms with E-state index in [9.17, 15) is 4.79 Å². The maximum absolute atomic E-state index is 13.1. The number of aromatic nitrogens is 2. The molecule has 0 N–H and O–H groups in total. The molecule has 0 bridgehead atoms. The Morgan fingerprint density at radius 2 is 2.00 bits per heavy atom. The van der Waals surface area contributed by atoms with Crippen molar-refractivity contribution in [2.45, 2.75) is 32.7 Å². The molecule has 1 saturated heterocycles. The number of carbonyl (C=O) groups is 1. The van der Waals surface area contributed by atoms with Crippen molar-refractivity contribution in [3.63, 3.8) is 0 Å². The number of rotatable bonds is 2. The van der Waals surface area contributed by atoms with E-state index in [0.29, 0.717) is 18.2 Å². The molecule has 1 fully saturated rings. The van der Waals surface area contributed by atoms with Crippen LogP contribution in [0.2, 0.25) is 0 Å². The minimum Gasteiger partial charge on any atom is -0.464 e. The Bertz CT molecular complexity index is 918. The minimum absolute atomic E-state index is 0.0433. The van der Waals surface area contributed by atoms with Crippen molar-refractivity contribution in [1.29, 1.82) is 0 Å². The third-order valence-corrected chi connectivity index (χ3v) is 4.88. The van der Waals surface area contributed by atoms with Gasteiger partial charge in [-0.1, -0.05) is 19.1 Å². The number of hydrogen-bond donors (Lipinski definition) is 0. The molecule has 0 spiro atoms. The molecule has 3 heterocycles. The van der Waals surface area contributed by atoms with Crippen LogP contribution in [0.5, 0.6) is 0 Å². The molecule has 0 saturated carbocycles. The first kappa shape index (κ1) is 15.8. The van der Waals surface area contributed by atoms with Gasteiger partial charge < -0.3 is 9.32 Å². The maximum Gasteiger partial charge on any atom is 0.274 e. The van der Waals surface area contributed by atoms with Gasteiger partial charge in [0.25, 0.3) is 5.91 Å². The van der Waals surface area contributed by atoms with E-state index in [1.54, 1.807) is 6.20 Å². The van der Waals surface area contributed by atoms with Gasteiger partial charge in [-0.2, -0.15) is 0 Å². The van der Waals surface area contributed by atoms with Gasteiger partial charge in [-0.15, -0.1) is 0 Å². The van der Waals surface area contributed by atoms with Gasteiger partial charge in [0.2, 0.25) is 0 Å². The smallest absolute Gasteiger partial charge is 0.274 e. The average molecular weight is 335 g/mol. The largest absolute Gasteiger partial charge is 0.464 e. The molecule has 128 valence electrons. The van der Waals surface area contributed by atoms with E-state index in [1.807, 2.05) is 48.2 Å². The molecule has 1 aliphatic heterocycles. The molecule has 3 aromatic rings. The minimum atomic E-state index is -0.0794. The van der Waals surface area contributed by atoms with Crippen LogP contribution in [0.25, 0.3) is 11.0 Å². The number of hydrogen-bond acceptors (Lipinski definition) is 4. The number of aryl methyl sites for hydroxylation is 1. The number of amides is 1. The second-order valence-corrected chi connectivity index (χ2v) is 6.84. The molecule has 2 aromatic heterocycles. The molecular formula is C20H21N3O2. The number of fused-ring (bicyclic) bond motifs is 1. The first-order valence-electron chi connectivity index (χ1n) is 8.71. The summed E-state index contributed by atoms with van der Waals surface area (Å²) in [5, 5.41) is 0. The Hall–Kier alpha value is -2.69. The summed E-state index contributed by atoms with van der Waals surface area (Å²) >= 11 is 0. The third kappa shape index (κ3) is 3.02. The van der Waals surface area contributed by atoms with Gasteiger partial charge in [-0.25, -0.2) is 4.98 Å². The van der Waals surface area contributed by atoms with E-state index in [0.717, 1.165) is 35.4 Å². The SMILES string of the molecule is Cc1ccc(C2CC(C)CCN2C(=O)c2cnc3ccccc3n2)o1. The number of furan rings is 1. The van der Waals surface area contributed by atoms with E-state index in [-0.39, 0.29) is 11.9 Å². The maximum atomic E-state index is 13.1. The summed E-state index contributed by atoms with van der Waals surface area (Å²) in [5.41, 5.74) is 1.93. The highest BCUT2D eigenvalue weighted by molar-refractivity contribution is 5.94. The Morgan fingerprint density at radius 3 is 2.76 bits per heavy atom. The third-order valence-electron chi connectivity index (χ3n) is 4.88. The highest BCUT2D eigenvalue weighted by Gasteiger charge is 2.34. The summed E-state index contributed by atoms with van der Waals surface area (Å²) in [6.07, 6.45) is 3.47. The lowest BCUT2D eigenvalue weighted by Crippen LogP contribution is -2.40. The van der Waals surface area contributed by atoms with Gasteiger partial charge in [0.05, 0.1) is 23.3 Å². The van der Waals surface area contributed by atoms with Crippen LogP contribution in [0.4, 0.5) is 0 Å². The zero-order valence-corrected chi connectivity index (χ0v) is 14.5. The van der Waals surface area contributed by atoms with Crippen molar-refractivity contribution in [2.24, 2.45) is 5.92 Å². The summed E-state index contributed by atoms with van der Waals surface area (Å²) in [6.45, 7) is 4.86. The Labute approximate surface area is 146 Å². The lowest BCUT2D eigenvalue weighted by atomic mass is 9.91. The number of piperidine rings is 1. The van der Waals surface area contributed by atoms with E-state index in [1.165, 1.54) is 0 Å². The lowest BCUT2D eigenvalue weighted by molar-refractivity contribution is 0.0513. The first-order valence-corrected chi connectivity index (χ1v) is 8.71. The van der Waals surface area contributed by atoms with Gasteiger partial charge in [0, 0.05) is 6.54 Å². The van der Waals surface area contributed by atoms with Crippen molar-refractivity contribution in [3.05, 3.63) is 59.8 Å². The van der Waals surface area contributed by atoms with Crippen LogP contribution >= 0.6 is 0 Å². The van der Waals surface area contributed by atoms with Crippen LogP contribution < -0.4 is 0 Å². The number of benzene rings is 1. The summed E-state index contributed by atoms with van der Waals surface area (Å²) < 4.78 is 5.83. The Morgan fingerprint density at radius 1 is 1.20 bits per heavy atom. The van der Waals surface area contributed by atoms with Crippen molar-refractivity contribution < 1.29 is 9.21 Å². The van der Waals surface area contributed by atoms with Crippen LogP contribution in [0.3, 0.4) is 0 Å². The van der Waals surface area contributed by atoms with E-state index in [4.69, 9.17) is 4.42 Å². The van der Waals surface area contributed by atoms with Gasteiger partial charge in [0.15, 0.2) is 0 Å². The molecule has 5 nitrogen and oxygen atoms in total. The van der Waals surface area contributed by atoms with E-state index in [2.05, 4.69) is 16.9 Å². The predicted octanol–water partition coefficient (Wildman–Crippen LogP) is 4.14. The van der Waals surface area contributed by atoms with Crippen molar-refractivity contribution in [1.82, 2.24) is 14.9 Å². The van der Waals surface area contributed by atoms with Crippen LogP contribution in [-0.4, -0.2) is 27.3 Å². The second-order valence-electron chi connectivity index (χ2n) is 6.84. The fraction of sp³-hybridized carbons (Fsp3) is 0.350. The molecule has 1 aliphatic rings. The molecule has 2 unspecified atom stereocenters. The monoisotopic (exact) mass is 335 g/mol. The van der Waals surface area contributed by atoms with Gasteiger partial charge in [-0.3, -0.25) is 9.78 Å². The topological polar surface area (TPSA) is 59.2 Å². The lowest BCUT2D eigenvalue weighted by Gasteiger charge is -2.37. The molecule has 25 heavy (non-hydrogen) atoms. The zero-order chi connectivity index (χ0) is 17.4. The van der Waals surface area contributed by atoms with Gasteiger partial charge in [0.1, 0.15) is 17.2 Å². The zero-order valence-electron chi connectivity index (χ0n) is 14.5. The Balaban J connectivity index is 1.68. The fourth-order valence-corrected chi connectivity index (χ4v) is 3.49. The summed E-state index contributed by atoms with van der Waals surface area (Å²) in [4.78, 5) is 23.9. The van der Waals surface area contributed by atoms with Crippen LogP contribution in [0.15, 0.2) is 47.0 Å². The number of likely N-dealkylation sites (tertiary alicyclic amines) is 1. The number of para-hydroxylation sites is 2. The Kier molecular flexibility index (Phi) is 3.99. The molecule has 4 rings (SSSR count). The van der Waals surface area contributed by atoms with Crippen molar-refractivity contribution in [2.75, 3.05) is 6.54 Å². The van der Waals surface area contributed by atoms with E-state index < -0.39 is 0 Å². The van der Waals surface area contributed by atoms with Crippen LogP contribution in [-0.2, 0) is 0 Å².